The zero-order chi connectivity index (χ0) is 28.4. The predicted molar refractivity (Wildman–Crippen MR) is 140 cm³/mol. The highest BCUT2D eigenvalue weighted by atomic mass is 35.5. The number of nitro benzene ring substituents is 2. The number of halogens is 1. The molecule has 0 radical (unpaired) electrons. The highest BCUT2D eigenvalue weighted by Crippen LogP contribution is 2.30. The molecule has 0 saturated heterocycles. The van der Waals surface area contributed by atoms with Crippen LogP contribution >= 0.6 is 0 Å². The van der Waals surface area contributed by atoms with Crippen LogP contribution in [0.3, 0.4) is 0 Å². The van der Waals surface area contributed by atoms with Crippen LogP contribution in [0.15, 0.2) is 55.1 Å². The number of imidazole rings is 1. The van der Waals surface area contributed by atoms with Crippen molar-refractivity contribution in [1.29, 1.82) is 0 Å². The molecule has 2 N–H and O–H groups in total. The SMILES string of the molecule is CC(=O)Nc1ccc([N+](=O)[O-])cc1OCCCn1cc[n+](CCCOc2cc([N+](=O)[O-])ccc2NC(C)=O)c1.[Cl-]. The number of nitrogens with one attached hydrogen (secondary N) is 2. The molecule has 14 nitrogen and oxygen atoms in total. The molecule has 0 aliphatic heterocycles. The molecule has 2 aromatic carbocycles. The van der Waals surface area contributed by atoms with E-state index in [2.05, 4.69) is 10.6 Å². The lowest BCUT2D eigenvalue weighted by Crippen LogP contribution is -3.00. The summed E-state index contributed by atoms with van der Waals surface area (Å²) < 4.78 is 15.3. The Balaban J connectivity index is 0.00000560. The van der Waals surface area contributed by atoms with Crippen LogP contribution in [0.25, 0.3) is 0 Å². The van der Waals surface area contributed by atoms with Crippen molar-refractivity contribution in [2.75, 3.05) is 23.8 Å². The number of ether oxygens (including phenoxy) is 2. The van der Waals surface area contributed by atoms with E-state index >= 15 is 0 Å². The van der Waals surface area contributed by atoms with Crippen LogP contribution in [-0.2, 0) is 22.7 Å². The quantitative estimate of drug-likeness (QED) is 0.120. The van der Waals surface area contributed by atoms with Crippen molar-refractivity contribution >= 4 is 34.6 Å². The smallest absolute Gasteiger partial charge is 0.273 e. The predicted octanol–water partition coefficient (Wildman–Crippen LogP) is 0.451. The Labute approximate surface area is 235 Å². The number of aryl methyl sites for hydroxylation is 2. The van der Waals surface area contributed by atoms with Gasteiger partial charge in [0.05, 0.1) is 59.7 Å². The summed E-state index contributed by atoms with van der Waals surface area (Å²) in [7, 11) is 0. The number of hydrogen-bond acceptors (Lipinski definition) is 8. The van der Waals surface area contributed by atoms with Crippen molar-refractivity contribution < 1.29 is 45.9 Å². The van der Waals surface area contributed by atoms with Gasteiger partial charge in [0, 0.05) is 38.8 Å². The number of carbonyl (C=O) groups excluding carboxylic acids is 2. The topological polar surface area (TPSA) is 172 Å². The number of amides is 2. The normalized spacial score (nSPS) is 10.2. The molecular formula is C25H29ClN6O8. The van der Waals surface area contributed by atoms with E-state index in [1.807, 2.05) is 27.9 Å². The van der Waals surface area contributed by atoms with E-state index in [-0.39, 0.29) is 60.3 Å². The fourth-order valence-electron chi connectivity index (χ4n) is 3.64. The average Bonchev–Trinajstić information content (AvgIpc) is 3.32. The lowest BCUT2D eigenvalue weighted by molar-refractivity contribution is -0.696. The summed E-state index contributed by atoms with van der Waals surface area (Å²) in [5, 5.41) is 27.3. The van der Waals surface area contributed by atoms with Crippen molar-refractivity contribution in [3.05, 3.63) is 75.3 Å². The summed E-state index contributed by atoms with van der Waals surface area (Å²) in [5.41, 5.74) is 0.463. The number of benzene rings is 2. The van der Waals surface area contributed by atoms with Crippen molar-refractivity contribution in [3.63, 3.8) is 0 Å². The summed E-state index contributed by atoms with van der Waals surface area (Å²) >= 11 is 0. The molecule has 2 amide bonds. The van der Waals surface area contributed by atoms with E-state index in [4.69, 9.17) is 9.47 Å². The van der Waals surface area contributed by atoms with E-state index < -0.39 is 9.85 Å². The zero-order valence-corrected chi connectivity index (χ0v) is 22.6. The molecule has 1 heterocycles. The number of non-ortho nitro benzene ring substituents is 2. The first-order valence-corrected chi connectivity index (χ1v) is 12.0. The second kappa shape index (κ2) is 15.0. The molecule has 1 aromatic heterocycles. The number of anilines is 2. The lowest BCUT2D eigenvalue weighted by atomic mass is 10.2. The third kappa shape index (κ3) is 9.54. The van der Waals surface area contributed by atoms with Gasteiger partial charge in [-0.25, -0.2) is 9.13 Å². The Morgan fingerprint density at radius 3 is 1.85 bits per heavy atom. The molecule has 0 aliphatic rings. The van der Waals surface area contributed by atoms with E-state index in [1.165, 1.54) is 50.2 Å². The lowest BCUT2D eigenvalue weighted by Gasteiger charge is -2.11. The van der Waals surface area contributed by atoms with Gasteiger partial charge in [-0.3, -0.25) is 29.8 Å². The van der Waals surface area contributed by atoms with E-state index in [0.29, 0.717) is 37.3 Å². The molecule has 0 aliphatic carbocycles. The fraction of sp³-hybridized carbons (Fsp3) is 0.320. The summed E-state index contributed by atoms with van der Waals surface area (Å²) in [6.07, 6.45) is 6.92. The molecule has 0 fully saturated rings. The van der Waals surface area contributed by atoms with Gasteiger partial charge in [0.15, 0.2) is 0 Å². The highest BCUT2D eigenvalue weighted by molar-refractivity contribution is 5.91. The van der Waals surface area contributed by atoms with Gasteiger partial charge in [-0.05, 0) is 12.1 Å². The molecule has 0 bridgehead atoms. The number of hydrogen-bond donors (Lipinski definition) is 2. The van der Waals surface area contributed by atoms with Crippen molar-refractivity contribution in [3.8, 4) is 11.5 Å². The van der Waals surface area contributed by atoms with Gasteiger partial charge in [-0.15, -0.1) is 0 Å². The maximum atomic E-state index is 11.4. The monoisotopic (exact) mass is 576 g/mol. The number of nitrogens with zero attached hydrogens (tertiary/aromatic N) is 4. The maximum Gasteiger partial charge on any atom is 0.273 e. The first-order valence-electron chi connectivity index (χ1n) is 12.0. The van der Waals surface area contributed by atoms with Crippen LogP contribution in [0.2, 0.25) is 0 Å². The van der Waals surface area contributed by atoms with Crippen LogP contribution in [0.4, 0.5) is 22.7 Å². The Kier molecular flexibility index (Phi) is 11.8. The van der Waals surface area contributed by atoms with Crippen molar-refractivity contribution in [2.45, 2.75) is 39.8 Å². The van der Waals surface area contributed by atoms with Gasteiger partial charge >= 0.3 is 0 Å². The third-order valence-electron chi connectivity index (χ3n) is 5.36. The number of rotatable bonds is 14. The number of aromatic nitrogens is 2. The minimum Gasteiger partial charge on any atom is -1.00 e. The summed E-state index contributed by atoms with van der Waals surface area (Å²) in [4.78, 5) is 43.9. The molecule has 40 heavy (non-hydrogen) atoms. The minimum atomic E-state index is -0.528. The molecule has 0 unspecified atom stereocenters. The van der Waals surface area contributed by atoms with E-state index in [0.717, 1.165) is 0 Å². The Morgan fingerprint density at radius 2 is 1.38 bits per heavy atom. The molecule has 15 heteroatoms. The highest BCUT2D eigenvalue weighted by Gasteiger charge is 2.15. The van der Waals surface area contributed by atoms with Gasteiger partial charge in [0.25, 0.3) is 11.4 Å². The van der Waals surface area contributed by atoms with Crippen LogP contribution in [-0.4, -0.2) is 39.4 Å². The third-order valence-corrected chi connectivity index (χ3v) is 5.36. The molecular weight excluding hydrogens is 548 g/mol. The van der Waals surface area contributed by atoms with Gasteiger partial charge < -0.3 is 32.5 Å². The molecule has 214 valence electrons. The number of carbonyl (C=O) groups is 2. The van der Waals surface area contributed by atoms with Gasteiger partial charge in [0.2, 0.25) is 18.1 Å². The fourth-order valence-corrected chi connectivity index (χ4v) is 3.64. The van der Waals surface area contributed by atoms with Gasteiger partial charge in [-0.2, -0.15) is 0 Å². The Hall–Kier alpha value is -4.72. The van der Waals surface area contributed by atoms with Crippen LogP contribution in [0.1, 0.15) is 26.7 Å². The summed E-state index contributed by atoms with van der Waals surface area (Å²) in [6, 6.07) is 8.04. The van der Waals surface area contributed by atoms with Gasteiger partial charge in [0.1, 0.15) is 23.9 Å². The van der Waals surface area contributed by atoms with Crippen LogP contribution in [0.5, 0.6) is 11.5 Å². The summed E-state index contributed by atoms with van der Waals surface area (Å²) in [5.74, 6) is -0.164. The van der Waals surface area contributed by atoms with E-state index in [1.54, 1.807) is 0 Å². The first kappa shape index (κ1) is 31.5. The Bertz CT molecular complexity index is 1260. The average molecular weight is 577 g/mol. The first-order chi connectivity index (χ1) is 18.6. The second-order valence-electron chi connectivity index (χ2n) is 8.53. The Morgan fingerprint density at radius 1 is 0.875 bits per heavy atom. The van der Waals surface area contributed by atoms with Crippen LogP contribution in [0, 0.1) is 20.2 Å². The van der Waals surface area contributed by atoms with Crippen LogP contribution < -0.4 is 37.1 Å². The minimum absolute atomic E-state index is 0. The summed E-state index contributed by atoms with van der Waals surface area (Å²) in [6.45, 7) is 4.49. The van der Waals surface area contributed by atoms with Crippen molar-refractivity contribution in [1.82, 2.24) is 4.57 Å². The molecule has 0 atom stereocenters. The largest absolute Gasteiger partial charge is 1.00 e. The molecule has 0 saturated carbocycles. The second-order valence-corrected chi connectivity index (χ2v) is 8.53. The molecule has 3 aromatic rings. The zero-order valence-electron chi connectivity index (χ0n) is 21.9. The maximum absolute atomic E-state index is 11.4. The molecule has 0 spiro atoms. The standard InChI is InChI=1S/C25H28N6O8.ClH/c1-18(32)26-22-7-5-20(30(34)35)15-24(22)38-13-3-9-28-11-12-29(17-28)10-4-14-39-25-16-21(31(36)37)6-8-23(25)27-19(2)33;/h5-8,11-12,15-17H,3-4,9-10,13-14H2,1-2H3,(H-,26,27,32,33);1H. The van der Waals surface area contributed by atoms with Crippen molar-refractivity contribution in [2.24, 2.45) is 0 Å². The van der Waals surface area contributed by atoms with Gasteiger partial charge in [-0.1, -0.05) is 0 Å². The van der Waals surface area contributed by atoms with E-state index in [9.17, 15) is 29.8 Å². The molecule has 3 rings (SSSR count). The number of nitro groups is 2.